The van der Waals surface area contributed by atoms with Gasteiger partial charge in [0.05, 0.1) is 0 Å². The van der Waals surface area contributed by atoms with Crippen LogP contribution in [0.15, 0.2) is 69.9 Å². The molecule has 4 rings (SSSR count). The van der Waals surface area contributed by atoms with Crippen molar-refractivity contribution in [2.45, 2.75) is 18.9 Å². The molecule has 0 atom stereocenters. The maximum atomic E-state index is 12.6. The van der Waals surface area contributed by atoms with E-state index in [1.165, 1.54) is 0 Å². The normalized spacial score (nSPS) is 14.4. The Morgan fingerprint density at radius 3 is 2.40 bits per heavy atom. The van der Waals surface area contributed by atoms with Crippen molar-refractivity contribution in [3.63, 3.8) is 0 Å². The summed E-state index contributed by atoms with van der Waals surface area (Å²) in [7, 11) is 0. The highest BCUT2D eigenvalue weighted by atomic mass is 79.9. The maximum absolute atomic E-state index is 12.6. The second kappa shape index (κ2) is 9.13. The fourth-order valence-electron chi connectivity index (χ4n) is 3.40. The van der Waals surface area contributed by atoms with Crippen molar-refractivity contribution in [1.82, 2.24) is 10.3 Å². The van der Waals surface area contributed by atoms with E-state index in [9.17, 15) is 9.59 Å². The summed E-state index contributed by atoms with van der Waals surface area (Å²) < 4.78 is 5.72. The zero-order valence-corrected chi connectivity index (χ0v) is 17.8. The summed E-state index contributed by atoms with van der Waals surface area (Å²) >= 11 is 3.17. The van der Waals surface area contributed by atoms with Crippen molar-refractivity contribution in [1.29, 1.82) is 0 Å². The predicted molar refractivity (Wildman–Crippen MR) is 118 cm³/mol. The molecule has 0 spiro atoms. The number of hydrogen-bond acceptors (Lipinski definition) is 5. The van der Waals surface area contributed by atoms with Gasteiger partial charge >= 0.3 is 0 Å². The first-order valence-electron chi connectivity index (χ1n) is 9.72. The number of anilines is 2. The molecule has 0 radical (unpaired) electrons. The number of aromatic nitrogens is 1. The van der Waals surface area contributed by atoms with E-state index in [1.54, 1.807) is 42.6 Å². The lowest BCUT2D eigenvalue weighted by Crippen LogP contribution is -2.44. The molecule has 3 heterocycles. The number of pyridine rings is 1. The molecule has 0 saturated carbocycles. The molecule has 30 heavy (non-hydrogen) atoms. The van der Waals surface area contributed by atoms with Crippen molar-refractivity contribution < 1.29 is 14.0 Å². The fraction of sp³-hybridized carbons (Fsp3) is 0.227. The Balaban J connectivity index is 1.28. The van der Waals surface area contributed by atoms with Gasteiger partial charge in [0.2, 0.25) is 0 Å². The van der Waals surface area contributed by atoms with Gasteiger partial charge in [-0.2, -0.15) is 0 Å². The van der Waals surface area contributed by atoms with E-state index in [0.717, 1.165) is 31.7 Å². The molecule has 0 aliphatic carbocycles. The SMILES string of the molecule is O=C(NC1CCN(c2ccccn2)CC1)c1ccc(NC(=O)c2ccc(Br)o2)cc1. The molecular formula is C22H21BrN4O3. The lowest BCUT2D eigenvalue weighted by atomic mass is 10.0. The van der Waals surface area contributed by atoms with E-state index >= 15 is 0 Å². The van der Waals surface area contributed by atoms with Crippen molar-refractivity contribution in [3.05, 3.63) is 76.8 Å². The van der Waals surface area contributed by atoms with Crippen LogP contribution in [-0.2, 0) is 0 Å². The molecule has 0 bridgehead atoms. The number of carbonyl (C=O) groups is 2. The summed E-state index contributed by atoms with van der Waals surface area (Å²) in [6.45, 7) is 1.71. The van der Waals surface area contributed by atoms with Crippen molar-refractivity contribution >= 4 is 39.2 Å². The number of hydrogen-bond donors (Lipinski definition) is 2. The van der Waals surface area contributed by atoms with Gasteiger partial charge in [0.15, 0.2) is 10.4 Å². The molecule has 2 amide bonds. The Bertz CT molecular complexity index is 1010. The molecule has 2 aromatic heterocycles. The van der Waals surface area contributed by atoms with Crippen LogP contribution in [-0.4, -0.2) is 35.9 Å². The zero-order valence-electron chi connectivity index (χ0n) is 16.2. The molecule has 1 aliphatic rings. The highest BCUT2D eigenvalue weighted by molar-refractivity contribution is 9.10. The fourth-order valence-corrected chi connectivity index (χ4v) is 3.70. The highest BCUT2D eigenvalue weighted by Gasteiger charge is 2.22. The van der Waals surface area contributed by atoms with Gasteiger partial charge in [-0.3, -0.25) is 9.59 Å². The summed E-state index contributed by atoms with van der Waals surface area (Å²) in [6.07, 6.45) is 3.53. The molecule has 1 fully saturated rings. The van der Waals surface area contributed by atoms with E-state index in [4.69, 9.17) is 4.42 Å². The van der Waals surface area contributed by atoms with Crippen molar-refractivity contribution in [2.75, 3.05) is 23.3 Å². The van der Waals surface area contributed by atoms with Crippen LogP contribution in [0.3, 0.4) is 0 Å². The predicted octanol–water partition coefficient (Wildman–Crippen LogP) is 4.09. The van der Waals surface area contributed by atoms with Gasteiger partial charge in [-0.15, -0.1) is 0 Å². The molecule has 2 N–H and O–H groups in total. The minimum absolute atomic E-state index is 0.112. The molecule has 1 aromatic carbocycles. The number of benzene rings is 1. The Morgan fingerprint density at radius 1 is 1.00 bits per heavy atom. The minimum Gasteiger partial charge on any atom is -0.444 e. The van der Waals surface area contributed by atoms with Gasteiger partial charge in [-0.05, 0) is 77.3 Å². The molecule has 8 heteroatoms. The summed E-state index contributed by atoms with van der Waals surface area (Å²) in [5.74, 6) is 0.722. The number of carbonyl (C=O) groups excluding carboxylic acids is 2. The largest absolute Gasteiger partial charge is 0.444 e. The first-order valence-corrected chi connectivity index (χ1v) is 10.5. The Hall–Kier alpha value is -3.13. The van der Waals surface area contributed by atoms with Crippen LogP contribution < -0.4 is 15.5 Å². The van der Waals surface area contributed by atoms with Crippen molar-refractivity contribution in [3.8, 4) is 0 Å². The quantitative estimate of drug-likeness (QED) is 0.588. The lowest BCUT2D eigenvalue weighted by Gasteiger charge is -2.33. The van der Waals surface area contributed by atoms with Crippen LogP contribution in [0.25, 0.3) is 0 Å². The van der Waals surface area contributed by atoms with Crippen LogP contribution in [0.2, 0.25) is 0 Å². The zero-order chi connectivity index (χ0) is 20.9. The molecule has 154 valence electrons. The van der Waals surface area contributed by atoms with Crippen LogP contribution in [0, 0.1) is 0 Å². The van der Waals surface area contributed by atoms with Gasteiger partial charge in [0.25, 0.3) is 11.8 Å². The average Bonchev–Trinajstić information content (AvgIpc) is 3.22. The standard InChI is InChI=1S/C22H21BrN4O3/c23-19-9-8-18(30-19)22(29)26-16-6-4-15(5-7-16)21(28)25-17-10-13-27(14-11-17)20-3-1-2-12-24-20/h1-9,12,17H,10-11,13-14H2,(H,25,28)(H,26,29). The number of rotatable bonds is 5. The Morgan fingerprint density at radius 2 is 1.77 bits per heavy atom. The lowest BCUT2D eigenvalue weighted by molar-refractivity contribution is 0.0930. The molecule has 3 aromatic rings. The van der Waals surface area contributed by atoms with E-state index in [-0.39, 0.29) is 23.6 Å². The second-order valence-corrected chi connectivity index (χ2v) is 7.84. The monoisotopic (exact) mass is 468 g/mol. The minimum atomic E-state index is -0.349. The first-order chi connectivity index (χ1) is 14.6. The van der Waals surface area contributed by atoms with Gasteiger partial charge in [0.1, 0.15) is 5.82 Å². The summed E-state index contributed by atoms with van der Waals surface area (Å²) in [5.41, 5.74) is 1.15. The molecule has 0 unspecified atom stereocenters. The van der Waals surface area contributed by atoms with E-state index < -0.39 is 0 Å². The topological polar surface area (TPSA) is 87.5 Å². The number of amides is 2. The third-order valence-electron chi connectivity index (χ3n) is 5.01. The smallest absolute Gasteiger partial charge is 0.291 e. The molecule has 7 nitrogen and oxygen atoms in total. The Labute approximate surface area is 182 Å². The number of piperidine rings is 1. The Kier molecular flexibility index (Phi) is 6.13. The summed E-state index contributed by atoms with van der Waals surface area (Å²) in [6, 6.07) is 16.1. The average molecular weight is 469 g/mol. The van der Waals surface area contributed by atoms with E-state index in [1.807, 2.05) is 18.2 Å². The van der Waals surface area contributed by atoms with Crippen LogP contribution in [0.5, 0.6) is 0 Å². The number of halogens is 1. The maximum Gasteiger partial charge on any atom is 0.291 e. The van der Waals surface area contributed by atoms with Crippen molar-refractivity contribution in [2.24, 2.45) is 0 Å². The number of nitrogens with zero attached hydrogens (tertiary/aromatic N) is 2. The molecule has 1 saturated heterocycles. The van der Waals surface area contributed by atoms with Gasteiger partial charge < -0.3 is 20.0 Å². The van der Waals surface area contributed by atoms with Gasteiger partial charge in [-0.1, -0.05) is 6.07 Å². The highest BCUT2D eigenvalue weighted by Crippen LogP contribution is 2.19. The van der Waals surface area contributed by atoms with Crippen LogP contribution in [0.1, 0.15) is 33.8 Å². The number of furan rings is 1. The molecular weight excluding hydrogens is 448 g/mol. The third kappa shape index (κ3) is 4.88. The van der Waals surface area contributed by atoms with Gasteiger partial charge in [0, 0.05) is 36.6 Å². The summed E-state index contributed by atoms with van der Waals surface area (Å²) in [4.78, 5) is 31.3. The van der Waals surface area contributed by atoms with Crippen LogP contribution in [0.4, 0.5) is 11.5 Å². The van der Waals surface area contributed by atoms with E-state index in [0.29, 0.717) is 15.9 Å². The number of nitrogens with one attached hydrogen (secondary N) is 2. The second-order valence-electron chi connectivity index (χ2n) is 7.06. The first kappa shape index (κ1) is 20.2. The van der Waals surface area contributed by atoms with Crippen LogP contribution >= 0.6 is 15.9 Å². The molecule has 1 aliphatic heterocycles. The summed E-state index contributed by atoms with van der Waals surface area (Å²) in [5, 5.41) is 5.85. The van der Waals surface area contributed by atoms with E-state index in [2.05, 4.69) is 36.4 Å². The third-order valence-corrected chi connectivity index (χ3v) is 5.43. The van der Waals surface area contributed by atoms with Gasteiger partial charge in [-0.25, -0.2) is 4.98 Å².